The molecule has 0 bridgehead atoms. The van der Waals surface area contributed by atoms with Crippen molar-refractivity contribution in [3.63, 3.8) is 0 Å². The van der Waals surface area contributed by atoms with Gasteiger partial charge in [-0.3, -0.25) is 4.90 Å². The lowest BCUT2D eigenvalue weighted by molar-refractivity contribution is -0.192. The second-order valence-corrected chi connectivity index (χ2v) is 6.25. The first-order valence-electron chi connectivity index (χ1n) is 7.57. The molecule has 0 aromatic heterocycles. The molecule has 0 radical (unpaired) electrons. The maximum Gasteiger partial charge on any atom is 0.490 e. The van der Waals surface area contributed by atoms with E-state index in [4.69, 9.17) is 20.4 Å². The topological polar surface area (TPSA) is 96.1 Å². The molecule has 3 N–H and O–H groups in total. The zero-order valence-corrected chi connectivity index (χ0v) is 14.2. The fraction of sp³-hybridized carbons (Fsp3) is 0.857. The normalized spacial score (nSPS) is 16.2. The van der Waals surface area contributed by atoms with E-state index in [-0.39, 0.29) is 6.09 Å². The average molecular weight is 357 g/mol. The van der Waals surface area contributed by atoms with Crippen LogP contribution < -0.4 is 5.73 Å². The predicted octanol–water partition coefficient (Wildman–Crippen LogP) is 1.52. The number of nitrogens with two attached hydrogens (primary N) is 1. The van der Waals surface area contributed by atoms with Gasteiger partial charge in [0.1, 0.15) is 5.60 Å². The van der Waals surface area contributed by atoms with Gasteiger partial charge >= 0.3 is 18.2 Å². The first kappa shape index (κ1) is 22.4. The van der Waals surface area contributed by atoms with Crippen molar-refractivity contribution in [1.82, 2.24) is 9.80 Å². The molecule has 0 atom stereocenters. The third kappa shape index (κ3) is 10.3. The summed E-state index contributed by atoms with van der Waals surface area (Å²) in [6, 6.07) is 0. The van der Waals surface area contributed by atoms with E-state index in [1.54, 1.807) is 4.90 Å². The van der Waals surface area contributed by atoms with E-state index in [1.165, 1.54) is 0 Å². The van der Waals surface area contributed by atoms with E-state index in [1.807, 2.05) is 20.8 Å². The largest absolute Gasteiger partial charge is 0.490 e. The Morgan fingerprint density at radius 1 is 1.12 bits per heavy atom. The molecular weight excluding hydrogens is 331 g/mol. The van der Waals surface area contributed by atoms with Crippen LogP contribution in [0.5, 0.6) is 0 Å². The predicted molar refractivity (Wildman–Crippen MR) is 81.6 cm³/mol. The Morgan fingerprint density at radius 2 is 1.58 bits per heavy atom. The Morgan fingerprint density at radius 3 is 1.92 bits per heavy atom. The van der Waals surface area contributed by atoms with Gasteiger partial charge in [-0.05, 0) is 40.3 Å². The summed E-state index contributed by atoms with van der Waals surface area (Å²) in [6.07, 6.45) is -4.26. The van der Waals surface area contributed by atoms with Crippen molar-refractivity contribution < 1.29 is 32.6 Å². The fourth-order valence-corrected chi connectivity index (χ4v) is 1.80. The molecular formula is C14H26F3N3O4. The highest BCUT2D eigenvalue weighted by Gasteiger charge is 2.38. The highest BCUT2D eigenvalue weighted by atomic mass is 19.4. The lowest BCUT2D eigenvalue weighted by Crippen LogP contribution is -2.50. The van der Waals surface area contributed by atoms with E-state index in [2.05, 4.69) is 4.90 Å². The minimum atomic E-state index is -5.08. The van der Waals surface area contributed by atoms with E-state index in [0.29, 0.717) is 0 Å². The molecule has 1 aliphatic heterocycles. The Bertz CT molecular complexity index is 403. The summed E-state index contributed by atoms with van der Waals surface area (Å²) >= 11 is 0. The number of ether oxygens (including phenoxy) is 1. The van der Waals surface area contributed by atoms with Crippen LogP contribution in [0.25, 0.3) is 0 Å². The molecule has 142 valence electrons. The smallest absolute Gasteiger partial charge is 0.475 e. The molecule has 0 spiro atoms. The van der Waals surface area contributed by atoms with Gasteiger partial charge in [-0.2, -0.15) is 13.2 Å². The van der Waals surface area contributed by atoms with Crippen LogP contribution in [0.4, 0.5) is 18.0 Å². The molecule has 10 heteroatoms. The lowest BCUT2D eigenvalue weighted by atomic mass is 10.2. The summed E-state index contributed by atoms with van der Waals surface area (Å²) in [5.41, 5.74) is 5.07. The third-order valence-corrected chi connectivity index (χ3v) is 2.94. The van der Waals surface area contributed by atoms with Crippen molar-refractivity contribution in [2.75, 3.05) is 39.3 Å². The summed E-state index contributed by atoms with van der Waals surface area (Å²) in [6.45, 7) is 10.8. The van der Waals surface area contributed by atoms with Crippen molar-refractivity contribution >= 4 is 12.1 Å². The summed E-state index contributed by atoms with van der Waals surface area (Å²) in [7, 11) is 0. The first-order valence-corrected chi connectivity index (χ1v) is 7.57. The van der Waals surface area contributed by atoms with Crippen molar-refractivity contribution in [2.45, 2.75) is 39.0 Å². The number of hydrogen-bond donors (Lipinski definition) is 2. The van der Waals surface area contributed by atoms with Crippen LogP contribution in [0.1, 0.15) is 27.2 Å². The Balaban J connectivity index is 0.000000640. The zero-order chi connectivity index (χ0) is 19.0. The molecule has 1 amide bonds. The SMILES string of the molecule is CC(C)(C)OC(=O)N1CCN(CCCN)CC1.O=C(O)C(F)(F)F. The van der Waals surface area contributed by atoms with Crippen molar-refractivity contribution in [2.24, 2.45) is 5.73 Å². The van der Waals surface area contributed by atoms with Crippen molar-refractivity contribution in [3.8, 4) is 0 Å². The zero-order valence-electron chi connectivity index (χ0n) is 14.2. The lowest BCUT2D eigenvalue weighted by Gasteiger charge is -2.35. The van der Waals surface area contributed by atoms with Gasteiger partial charge in [-0.25, -0.2) is 9.59 Å². The van der Waals surface area contributed by atoms with Crippen molar-refractivity contribution in [1.29, 1.82) is 0 Å². The maximum atomic E-state index is 11.8. The molecule has 0 aromatic carbocycles. The minimum Gasteiger partial charge on any atom is -0.475 e. The van der Waals surface area contributed by atoms with Gasteiger partial charge in [0.25, 0.3) is 0 Å². The highest BCUT2D eigenvalue weighted by Crippen LogP contribution is 2.13. The second-order valence-electron chi connectivity index (χ2n) is 6.25. The van der Waals surface area contributed by atoms with Crippen molar-refractivity contribution in [3.05, 3.63) is 0 Å². The van der Waals surface area contributed by atoms with Crippen LogP contribution in [0.2, 0.25) is 0 Å². The van der Waals surface area contributed by atoms with E-state index >= 15 is 0 Å². The second kappa shape index (κ2) is 9.67. The number of alkyl halides is 3. The number of rotatable bonds is 3. The third-order valence-electron chi connectivity index (χ3n) is 2.94. The number of carbonyl (C=O) groups is 2. The van der Waals surface area contributed by atoms with Crippen LogP contribution in [-0.2, 0) is 9.53 Å². The quantitative estimate of drug-likeness (QED) is 0.795. The van der Waals surface area contributed by atoms with Crippen LogP contribution in [0.15, 0.2) is 0 Å². The summed E-state index contributed by atoms with van der Waals surface area (Å²) in [5, 5.41) is 7.12. The number of amides is 1. The minimum absolute atomic E-state index is 0.198. The van der Waals surface area contributed by atoms with E-state index in [0.717, 1.165) is 45.7 Å². The number of halogens is 3. The van der Waals surface area contributed by atoms with E-state index in [9.17, 15) is 18.0 Å². The fourth-order valence-electron chi connectivity index (χ4n) is 1.80. The van der Waals surface area contributed by atoms with Gasteiger partial charge in [0, 0.05) is 26.2 Å². The molecule has 0 saturated carbocycles. The standard InChI is InChI=1S/C12H25N3O2.C2HF3O2/c1-12(2,3)17-11(16)15-9-7-14(8-10-15)6-4-5-13;3-2(4,5)1(6)7/h4-10,13H2,1-3H3;(H,6,7). The van der Waals surface area contributed by atoms with Crippen LogP contribution in [-0.4, -0.2) is 78.0 Å². The molecule has 1 rings (SSSR count). The summed E-state index contributed by atoms with van der Waals surface area (Å²) in [4.78, 5) is 24.8. The monoisotopic (exact) mass is 357 g/mol. The molecule has 1 aliphatic rings. The number of piperazine rings is 1. The number of carboxylic acids is 1. The number of carbonyl (C=O) groups excluding carboxylic acids is 1. The molecule has 0 aliphatic carbocycles. The van der Waals surface area contributed by atoms with Gasteiger partial charge in [-0.15, -0.1) is 0 Å². The molecule has 0 unspecified atom stereocenters. The van der Waals surface area contributed by atoms with Gasteiger partial charge in [0.2, 0.25) is 0 Å². The molecule has 1 saturated heterocycles. The van der Waals surface area contributed by atoms with Gasteiger partial charge < -0.3 is 20.5 Å². The average Bonchev–Trinajstić information content (AvgIpc) is 2.43. The first-order chi connectivity index (χ1) is 10.9. The molecule has 7 nitrogen and oxygen atoms in total. The Labute approximate surface area is 139 Å². The molecule has 1 fully saturated rings. The summed E-state index contributed by atoms with van der Waals surface area (Å²) < 4.78 is 37.1. The summed E-state index contributed by atoms with van der Waals surface area (Å²) in [5.74, 6) is -2.76. The van der Waals surface area contributed by atoms with Crippen LogP contribution >= 0.6 is 0 Å². The Hall–Kier alpha value is -1.55. The molecule has 24 heavy (non-hydrogen) atoms. The number of hydrogen-bond acceptors (Lipinski definition) is 5. The van der Waals surface area contributed by atoms with Gasteiger partial charge in [0.05, 0.1) is 0 Å². The molecule has 0 aromatic rings. The van der Waals surface area contributed by atoms with E-state index < -0.39 is 17.7 Å². The number of carboxylic acid groups (broad SMARTS) is 1. The number of aliphatic carboxylic acids is 1. The highest BCUT2D eigenvalue weighted by molar-refractivity contribution is 5.73. The molecule has 1 heterocycles. The van der Waals surface area contributed by atoms with Crippen LogP contribution in [0, 0.1) is 0 Å². The number of nitrogens with zero attached hydrogens (tertiary/aromatic N) is 2. The Kier molecular flexibility index (Phi) is 9.05. The van der Waals surface area contributed by atoms with Gasteiger partial charge in [0.15, 0.2) is 0 Å². The van der Waals surface area contributed by atoms with Crippen LogP contribution in [0.3, 0.4) is 0 Å². The maximum absolute atomic E-state index is 11.8. The van der Waals surface area contributed by atoms with Gasteiger partial charge in [-0.1, -0.05) is 0 Å².